The first-order chi connectivity index (χ1) is 8.75. The van der Waals surface area contributed by atoms with Crippen LogP contribution < -0.4 is 0 Å². The first-order valence-electron chi connectivity index (χ1n) is 7.59. The highest BCUT2D eigenvalue weighted by Gasteiger charge is 2.62. The van der Waals surface area contributed by atoms with Crippen LogP contribution in [0.3, 0.4) is 0 Å². The second-order valence-corrected chi connectivity index (χ2v) is 7.97. The molecule has 0 aromatic rings. The maximum Gasteiger partial charge on any atom is 0.311 e. The summed E-state index contributed by atoms with van der Waals surface area (Å²) in [5.41, 5.74) is -0.0910. The van der Waals surface area contributed by atoms with Crippen molar-refractivity contribution in [2.75, 3.05) is 0 Å². The molecule has 0 amide bonds. The Labute approximate surface area is 122 Å². The van der Waals surface area contributed by atoms with Crippen molar-refractivity contribution in [3.05, 3.63) is 0 Å². The molecule has 0 bridgehead atoms. The highest BCUT2D eigenvalue weighted by molar-refractivity contribution is 6.25. The van der Waals surface area contributed by atoms with Gasteiger partial charge in [-0.2, -0.15) is 0 Å². The third-order valence-corrected chi connectivity index (χ3v) is 5.99. The number of hydrogen-bond acceptors (Lipinski definition) is 2. The standard InChI is InChI=1S/C16H27ClO2/c1-9(2)11-7-6-10(3)8-12(11)19-15(18)13-14(17)16(13,4)5/h9-14H,6-8H2,1-5H3. The molecule has 0 aromatic carbocycles. The molecule has 19 heavy (non-hydrogen) atoms. The van der Waals surface area contributed by atoms with Crippen LogP contribution in [-0.2, 0) is 9.53 Å². The predicted octanol–water partition coefficient (Wildman–Crippen LogP) is 4.25. The van der Waals surface area contributed by atoms with E-state index in [2.05, 4.69) is 20.8 Å². The van der Waals surface area contributed by atoms with E-state index in [0.717, 1.165) is 6.42 Å². The molecular weight excluding hydrogens is 260 g/mol. The van der Waals surface area contributed by atoms with Gasteiger partial charge in [0.25, 0.3) is 0 Å². The molecule has 0 aromatic heterocycles. The van der Waals surface area contributed by atoms with Gasteiger partial charge in [-0.15, -0.1) is 11.6 Å². The zero-order chi connectivity index (χ0) is 14.4. The summed E-state index contributed by atoms with van der Waals surface area (Å²) in [4.78, 5) is 12.3. The molecule has 2 rings (SSSR count). The van der Waals surface area contributed by atoms with Crippen molar-refractivity contribution in [1.29, 1.82) is 0 Å². The monoisotopic (exact) mass is 286 g/mol. The molecule has 2 aliphatic carbocycles. The van der Waals surface area contributed by atoms with Crippen molar-refractivity contribution in [2.24, 2.45) is 29.1 Å². The highest BCUT2D eigenvalue weighted by Crippen LogP contribution is 2.56. The smallest absolute Gasteiger partial charge is 0.311 e. The van der Waals surface area contributed by atoms with Gasteiger partial charge in [-0.1, -0.05) is 41.0 Å². The van der Waals surface area contributed by atoms with Crippen LogP contribution in [0.4, 0.5) is 0 Å². The normalized spacial score (nSPS) is 41.1. The number of rotatable bonds is 3. The fourth-order valence-electron chi connectivity index (χ4n) is 3.47. The van der Waals surface area contributed by atoms with Gasteiger partial charge in [-0.05, 0) is 36.0 Å². The number of carbonyl (C=O) groups is 1. The lowest BCUT2D eigenvalue weighted by Gasteiger charge is -2.36. The molecule has 2 fully saturated rings. The number of alkyl halides is 1. The lowest BCUT2D eigenvalue weighted by Crippen LogP contribution is -2.36. The van der Waals surface area contributed by atoms with Crippen molar-refractivity contribution in [3.8, 4) is 0 Å². The third-order valence-electron chi connectivity index (χ3n) is 5.18. The van der Waals surface area contributed by atoms with Crippen LogP contribution in [0.1, 0.15) is 53.9 Å². The van der Waals surface area contributed by atoms with Gasteiger partial charge in [-0.3, -0.25) is 4.79 Å². The summed E-state index contributed by atoms with van der Waals surface area (Å²) >= 11 is 6.18. The van der Waals surface area contributed by atoms with Gasteiger partial charge < -0.3 is 4.74 Å². The maximum atomic E-state index is 12.3. The Bertz CT molecular complexity index is 351. The average molecular weight is 287 g/mol. The van der Waals surface area contributed by atoms with E-state index in [1.54, 1.807) is 0 Å². The Kier molecular flexibility index (Phi) is 4.21. The lowest BCUT2D eigenvalue weighted by atomic mass is 9.75. The lowest BCUT2D eigenvalue weighted by molar-refractivity contribution is -0.158. The topological polar surface area (TPSA) is 26.3 Å². The van der Waals surface area contributed by atoms with Gasteiger partial charge >= 0.3 is 5.97 Å². The Balaban J connectivity index is 1.98. The largest absolute Gasteiger partial charge is 0.462 e. The molecule has 110 valence electrons. The van der Waals surface area contributed by atoms with Crippen LogP contribution in [0.2, 0.25) is 0 Å². The summed E-state index contributed by atoms with van der Waals surface area (Å²) in [5, 5.41) is -0.0569. The van der Waals surface area contributed by atoms with E-state index in [4.69, 9.17) is 16.3 Å². The van der Waals surface area contributed by atoms with Crippen LogP contribution in [0.25, 0.3) is 0 Å². The predicted molar refractivity (Wildman–Crippen MR) is 78.1 cm³/mol. The minimum atomic E-state index is -0.112. The molecular formula is C16H27ClO2. The van der Waals surface area contributed by atoms with Crippen LogP contribution in [-0.4, -0.2) is 17.5 Å². The molecule has 3 heteroatoms. The van der Waals surface area contributed by atoms with E-state index in [-0.39, 0.29) is 28.8 Å². The molecule has 0 aliphatic heterocycles. The van der Waals surface area contributed by atoms with E-state index >= 15 is 0 Å². The summed E-state index contributed by atoms with van der Waals surface area (Å²) in [5.74, 6) is 1.56. The Hall–Kier alpha value is -0.240. The Morgan fingerprint density at radius 3 is 2.37 bits per heavy atom. The molecule has 0 N–H and O–H groups in total. The summed E-state index contributed by atoms with van der Waals surface area (Å²) in [7, 11) is 0. The van der Waals surface area contributed by atoms with Gasteiger partial charge in [0.2, 0.25) is 0 Å². The second-order valence-electron chi connectivity index (χ2n) is 7.50. The zero-order valence-electron chi connectivity index (χ0n) is 12.8. The maximum absolute atomic E-state index is 12.3. The first kappa shape index (κ1) is 15.2. The van der Waals surface area contributed by atoms with Crippen LogP contribution in [0.15, 0.2) is 0 Å². The zero-order valence-corrected chi connectivity index (χ0v) is 13.5. The van der Waals surface area contributed by atoms with E-state index < -0.39 is 0 Å². The van der Waals surface area contributed by atoms with E-state index in [9.17, 15) is 4.79 Å². The van der Waals surface area contributed by atoms with Crippen molar-refractivity contribution in [2.45, 2.75) is 65.4 Å². The molecule has 2 nitrogen and oxygen atoms in total. The van der Waals surface area contributed by atoms with Gasteiger partial charge in [0.15, 0.2) is 0 Å². The second kappa shape index (κ2) is 5.27. The fraction of sp³-hybridized carbons (Fsp3) is 0.938. The SMILES string of the molecule is CC1CCC(C(C)C)C(OC(=O)C2C(Cl)C2(C)C)C1. The van der Waals surface area contributed by atoms with Crippen molar-refractivity contribution < 1.29 is 9.53 Å². The molecule has 2 aliphatic rings. The molecule has 5 unspecified atom stereocenters. The van der Waals surface area contributed by atoms with Crippen LogP contribution >= 0.6 is 11.6 Å². The molecule has 0 heterocycles. The molecule has 0 saturated heterocycles. The summed E-state index contributed by atoms with van der Waals surface area (Å²) in [6.45, 7) is 10.8. The molecule has 5 atom stereocenters. The summed E-state index contributed by atoms with van der Waals surface area (Å²) in [6.07, 6.45) is 3.53. The molecule has 0 radical (unpaired) electrons. The number of hydrogen-bond donors (Lipinski definition) is 0. The van der Waals surface area contributed by atoms with Gasteiger partial charge in [0, 0.05) is 0 Å². The van der Waals surface area contributed by atoms with Crippen molar-refractivity contribution >= 4 is 17.6 Å². The van der Waals surface area contributed by atoms with Gasteiger partial charge in [0.1, 0.15) is 6.10 Å². The quantitative estimate of drug-likeness (QED) is 0.572. The number of halogens is 1. The summed E-state index contributed by atoms with van der Waals surface area (Å²) < 4.78 is 5.84. The number of carbonyl (C=O) groups excluding carboxylic acids is 1. The van der Waals surface area contributed by atoms with E-state index in [1.807, 2.05) is 13.8 Å². The highest BCUT2D eigenvalue weighted by atomic mass is 35.5. The Morgan fingerprint density at radius 2 is 1.89 bits per heavy atom. The minimum Gasteiger partial charge on any atom is -0.462 e. The van der Waals surface area contributed by atoms with Crippen LogP contribution in [0, 0.1) is 29.1 Å². The summed E-state index contributed by atoms with van der Waals surface area (Å²) in [6, 6.07) is 0. The van der Waals surface area contributed by atoms with Gasteiger partial charge in [-0.25, -0.2) is 0 Å². The molecule has 2 saturated carbocycles. The van der Waals surface area contributed by atoms with Gasteiger partial charge in [0.05, 0.1) is 11.3 Å². The first-order valence-corrected chi connectivity index (χ1v) is 8.03. The fourth-order valence-corrected chi connectivity index (χ4v) is 3.96. The molecule has 0 spiro atoms. The van der Waals surface area contributed by atoms with Crippen LogP contribution in [0.5, 0.6) is 0 Å². The Morgan fingerprint density at radius 1 is 1.32 bits per heavy atom. The van der Waals surface area contributed by atoms with E-state index in [1.165, 1.54) is 12.8 Å². The third kappa shape index (κ3) is 2.94. The average Bonchev–Trinajstić information content (AvgIpc) is 2.77. The number of esters is 1. The minimum absolute atomic E-state index is 0.0569. The number of ether oxygens (including phenoxy) is 1. The van der Waals surface area contributed by atoms with Crippen molar-refractivity contribution in [3.63, 3.8) is 0 Å². The van der Waals surface area contributed by atoms with E-state index in [0.29, 0.717) is 17.8 Å². The van der Waals surface area contributed by atoms with Crippen molar-refractivity contribution in [1.82, 2.24) is 0 Å².